The minimum absolute atomic E-state index is 0. The minimum Gasteiger partial charge on any atom is -0.397 e. The van der Waals surface area contributed by atoms with Crippen LogP contribution in [0.2, 0.25) is 0 Å². The molecule has 26 valence electrons. The van der Waals surface area contributed by atoms with E-state index in [1.165, 1.54) is 0 Å². The van der Waals surface area contributed by atoms with Crippen LogP contribution in [0, 0.1) is 0 Å². The number of aliphatic hydroxyl groups excluding tert-OH is 1. The molecule has 0 aromatic carbocycles. The Morgan fingerprint density at radius 1 is 1.75 bits per heavy atom. The van der Waals surface area contributed by atoms with Gasteiger partial charge in [-0.3, -0.25) is 0 Å². The Kier molecular flexibility index (Phi) is 20.8. The second-order valence-corrected chi connectivity index (χ2v) is 0.316. The van der Waals surface area contributed by atoms with Crippen LogP contribution in [0.5, 0.6) is 0 Å². The fourth-order valence-corrected chi connectivity index (χ4v) is 0. The molecule has 0 heterocycles. The van der Waals surface area contributed by atoms with Gasteiger partial charge in [0.15, 0.2) is 0 Å². The summed E-state index contributed by atoms with van der Waals surface area (Å²) in [4.78, 5) is 0. The largest absolute Gasteiger partial charge is 0.397 e. The van der Waals surface area contributed by atoms with Gasteiger partial charge in [0.2, 0.25) is 0 Å². The van der Waals surface area contributed by atoms with Crippen molar-refractivity contribution in [2.75, 3.05) is 6.61 Å². The SMILES string of the molecule is CCO.[W]. The van der Waals surface area contributed by atoms with Crippen LogP contribution in [0.4, 0.5) is 0 Å². The summed E-state index contributed by atoms with van der Waals surface area (Å²) in [7, 11) is 0. The molecule has 0 saturated heterocycles. The summed E-state index contributed by atoms with van der Waals surface area (Å²) in [6.45, 7) is 1.93. The van der Waals surface area contributed by atoms with E-state index < -0.39 is 0 Å². The smallest absolute Gasteiger partial charge is 0.0402 e. The normalized spacial score (nSPS) is 4.50. The third-order valence-electron chi connectivity index (χ3n) is 0. The average Bonchev–Trinajstić information content (AvgIpc) is 0.918. The van der Waals surface area contributed by atoms with Gasteiger partial charge in [-0.05, 0) is 6.92 Å². The van der Waals surface area contributed by atoms with E-state index >= 15 is 0 Å². The maximum atomic E-state index is 7.57. The van der Waals surface area contributed by atoms with E-state index in [0.717, 1.165) is 0 Å². The predicted octanol–water partition coefficient (Wildman–Crippen LogP) is -0.00390. The molecule has 0 fully saturated rings. The van der Waals surface area contributed by atoms with Gasteiger partial charge in [-0.15, -0.1) is 0 Å². The zero-order chi connectivity index (χ0) is 2.71. The molecular weight excluding hydrogens is 224 g/mol. The molecule has 0 aliphatic rings. The molecule has 0 aliphatic carbocycles. The number of aliphatic hydroxyl groups is 1. The Hall–Kier alpha value is 0.648. The van der Waals surface area contributed by atoms with Gasteiger partial charge in [0.25, 0.3) is 0 Å². The topological polar surface area (TPSA) is 20.2 Å². The van der Waals surface area contributed by atoms with Gasteiger partial charge in [-0.25, -0.2) is 0 Å². The van der Waals surface area contributed by atoms with Gasteiger partial charge in [-0.2, -0.15) is 0 Å². The summed E-state index contributed by atoms with van der Waals surface area (Å²) in [5, 5.41) is 7.57. The molecule has 0 bridgehead atoms. The van der Waals surface area contributed by atoms with Crippen molar-refractivity contribution in [3.63, 3.8) is 0 Å². The van der Waals surface area contributed by atoms with Crippen LogP contribution in [0.25, 0.3) is 0 Å². The summed E-state index contributed by atoms with van der Waals surface area (Å²) in [6, 6.07) is 0. The molecule has 0 radical (unpaired) electrons. The zero-order valence-electron chi connectivity index (χ0n) is 2.56. The van der Waals surface area contributed by atoms with Crippen molar-refractivity contribution in [1.29, 1.82) is 0 Å². The molecular formula is C2H6OW. The monoisotopic (exact) mass is 230 g/mol. The molecule has 0 rings (SSSR count). The van der Waals surface area contributed by atoms with Crippen LogP contribution in [0.1, 0.15) is 6.92 Å². The Morgan fingerprint density at radius 2 is 1.75 bits per heavy atom. The molecule has 0 unspecified atom stereocenters. The van der Waals surface area contributed by atoms with Gasteiger partial charge in [0.05, 0.1) is 0 Å². The number of hydrogen-bond acceptors (Lipinski definition) is 1. The van der Waals surface area contributed by atoms with Crippen molar-refractivity contribution < 1.29 is 26.2 Å². The van der Waals surface area contributed by atoms with E-state index in [0.29, 0.717) is 0 Å². The van der Waals surface area contributed by atoms with E-state index in [4.69, 9.17) is 5.11 Å². The Bertz CT molecular complexity index is 6.00. The van der Waals surface area contributed by atoms with E-state index in [1.54, 1.807) is 6.92 Å². The zero-order valence-corrected chi connectivity index (χ0v) is 5.50. The number of hydrogen-bond donors (Lipinski definition) is 1. The maximum Gasteiger partial charge on any atom is 0.0402 e. The van der Waals surface area contributed by atoms with Crippen LogP contribution in [-0.2, 0) is 21.1 Å². The standard InChI is InChI=1S/C2H6O.W/c1-2-3;/h3H,2H2,1H3;. The van der Waals surface area contributed by atoms with E-state index in [2.05, 4.69) is 0 Å². The van der Waals surface area contributed by atoms with Crippen molar-refractivity contribution in [3.05, 3.63) is 0 Å². The minimum atomic E-state index is 0. The van der Waals surface area contributed by atoms with Crippen molar-refractivity contribution in [2.45, 2.75) is 6.92 Å². The van der Waals surface area contributed by atoms with Gasteiger partial charge in [0.1, 0.15) is 0 Å². The molecule has 1 nitrogen and oxygen atoms in total. The Morgan fingerprint density at radius 3 is 1.75 bits per heavy atom. The molecule has 0 aliphatic heterocycles. The summed E-state index contributed by atoms with van der Waals surface area (Å²) < 4.78 is 0. The Labute approximate surface area is 40.3 Å². The van der Waals surface area contributed by atoms with Gasteiger partial charge >= 0.3 is 0 Å². The van der Waals surface area contributed by atoms with E-state index in [-0.39, 0.29) is 27.7 Å². The van der Waals surface area contributed by atoms with Crippen molar-refractivity contribution in [2.24, 2.45) is 0 Å². The van der Waals surface area contributed by atoms with Crippen LogP contribution < -0.4 is 0 Å². The summed E-state index contributed by atoms with van der Waals surface area (Å²) in [6.07, 6.45) is 0. The Balaban J connectivity index is 0. The first-order valence-corrected chi connectivity index (χ1v) is 1.02. The van der Waals surface area contributed by atoms with Crippen molar-refractivity contribution in [1.82, 2.24) is 0 Å². The van der Waals surface area contributed by atoms with Crippen molar-refractivity contribution in [3.8, 4) is 0 Å². The molecule has 1 N–H and O–H groups in total. The third kappa shape index (κ3) is 17.1. The fourth-order valence-electron chi connectivity index (χ4n) is 0. The van der Waals surface area contributed by atoms with Gasteiger partial charge in [-0.1, -0.05) is 0 Å². The summed E-state index contributed by atoms with van der Waals surface area (Å²) in [5.74, 6) is 0. The second kappa shape index (κ2) is 9.42. The second-order valence-electron chi connectivity index (χ2n) is 0.316. The average molecular weight is 230 g/mol. The molecule has 0 aromatic rings. The van der Waals surface area contributed by atoms with Crippen LogP contribution >= 0.6 is 0 Å². The van der Waals surface area contributed by atoms with Crippen LogP contribution in [-0.4, -0.2) is 11.7 Å². The summed E-state index contributed by atoms with van der Waals surface area (Å²) >= 11 is 0. The number of rotatable bonds is 0. The molecule has 4 heavy (non-hydrogen) atoms. The molecule has 0 atom stereocenters. The molecule has 0 saturated carbocycles. The van der Waals surface area contributed by atoms with Gasteiger partial charge in [0, 0.05) is 27.7 Å². The first kappa shape index (κ1) is 8.82. The first-order valence-electron chi connectivity index (χ1n) is 1.02. The van der Waals surface area contributed by atoms with Crippen LogP contribution in [0.3, 0.4) is 0 Å². The summed E-state index contributed by atoms with van der Waals surface area (Å²) in [5.41, 5.74) is 0. The maximum absolute atomic E-state index is 7.57. The molecule has 2 heteroatoms. The third-order valence-corrected chi connectivity index (χ3v) is 0. The van der Waals surface area contributed by atoms with E-state index in [9.17, 15) is 0 Å². The first-order chi connectivity index (χ1) is 1.41. The quantitative estimate of drug-likeness (QED) is 0.620. The molecule has 0 amide bonds. The predicted molar refractivity (Wildman–Crippen MR) is 12.8 cm³/mol. The van der Waals surface area contributed by atoms with Crippen LogP contribution in [0.15, 0.2) is 0 Å². The fraction of sp³-hybridized carbons (Fsp3) is 1.00. The van der Waals surface area contributed by atoms with Crippen molar-refractivity contribution >= 4 is 0 Å². The van der Waals surface area contributed by atoms with E-state index in [1.807, 2.05) is 0 Å². The molecule has 0 spiro atoms. The molecule has 0 aromatic heterocycles. The van der Waals surface area contributed by atoms with Gasteiger partial charge < -0.3 is 5.11 Å².